The molecule has 2 aromatic carbocycles. The van der Waals surface area contributed by atoms with Gasteiger partial charge in [0.15, 0.2) is 11.5 Å². The number of fused-ring (bicyclic) bond motifs is 1. The second-order valence-electron chi connectivity index (χ2n) is 9.99. The fourth-order valence-corrected chi connectivity index (χ4v) is 5.57. The number of rotatable bonds is 10. The van der Waals surface area contributed by atoms with Gasteiger partial charge in [-0.3, -0.25) is 9.59 Å². The van der Waals surface area contributed by atoms with Crippen LogP contribution in [0, 0.1) is 12.8 Å². The van der Waals surface area contributed by atoms with Crippen LogP contribution in [0.15, 0.2) is 18.2 Å². The number of benzene rings is 2. The maximum atomic E-state index is 12.1. The van der Waals surface area contributed by atoms with E-state index in [9.17, 15) is 14.7 Å². The number of carboxylic acid groups (broad SMARTS) is 1. The van der Waals surface area contributed by atoms with Gasteiger partial charge in [0.25, 0.3) is 0 Å². The number of anilines is 1. The van der Waals surface area contributed by atoms with E-state index in [4.69, 9.17) is 14.6 Å². The van der Waals surface area contributed by atoms with Crippen molar-refractivity contribution in [3.63, 3.8) is 0 Å². The van der Waals surface area contributed by atoms with Crippen LogP contribution in [0.4, 0.5) is 5.69 Å². The highest BCUT2D eigenvalue weighted by Crippen LogP contribution is 2.45. The Bertz CT molecular complexity index is 1120. The minimum Gasteiger partial charge on any atom is -0.508 e. The number of phenolic OH excluding ortho intramolecular Hbond substituents is 1. The Labute approximate surface area is 212 Å². The van der Waals surface area contributed by atoms with E-state index in [0.29, 0.717) is 36.1 Å². The molecule has 2 aromatic rings. The first-order valence-electron chi connectivity index (χ1n) is 13.2. The molecule has 0 spiro atoms. The van der Waals surface area contributed by atoms with E-state index in [1.54, 1.807) is 12.1 Å². The van der Waals surface area contributed by atoms with E-state index in [2.05, 4.69) is 5.32 Å². The molecule has 2 aliphatic rings. The minimum atomic E-state index is -1.16. The summed E-state index contributed by atoms with van der Waals surface area (Å²) in [6, 6.07) is 5.26. The highest BCUT2D eigenvalue weighted by Gasteiger charge is 2.25. The number of aromatic hydroxyl groups is 1. The van der Waals surface area contributed by atoms with Crippen molar-refractivity contribution < 1.29 is 29.3 Å². The number of carbonyl (C=O) groups is 2. The molecule has 3 N–H and O–H groups in total. The molecule has 0 aromatic heterocycles. The van der Waals surface area contributed by atoms with Crippen molar-refractivity contribution in [1.82, 2.24) is 0 Å². The summed E-state index contributed by atoms with van der Waals surface area (Å²) in [5.41, 5.74) is 4.26. The molecule has 7 heteroatoms. The SMILES string of the molecule is CCc1c(O)ccc(Oc2c(C)cc(NC(=O)CC(=O)O)c3c2CCC3)c1OCCC1CCCCC1. The van der Waals surface area contributed by atoms with E-state index < -0.39 is 18.3 Å². The summed E-state index contributed by atoms with van der Waals surface area (Å²) < 4.78 is 12.8. The van der Waals surface area contributed by atoms with Crippen molar-refractivity contribution in [3.05, 3.63) is 40.5 Å². The summed E-state index contributed by atoms with van der Waals surface area (Å²) in [6.07, 6.45) is 10.0. The van der Waals surface area contributed by atoms with Gasteiger partial charge in [0.2, 0.25) is 5.91 Å². The van der Waals surface area contributed by atoms with Crippen molar-refractivity contribution in [1.29, 1.82) is 0 Å². The van der Waals surface area contributed by atoms with Gasteiger partial charge in [-0.2, -0.15) is 0 Å². The smallest absolute Gasteiger partial charge is 0.312 e. The Hall–Kier alpha value is -3.22. The zero-order valence-electron chi connectivity index (χ0n) is 21.3. The average Bonchev–Trinajstić information content (AvgIpc) is 3.33. The quantitative estimate of drug-likeness (QED) is 0.334. The standard InChI is InChI=1S/C29H37NO6/c1-3-20-24(31)12-13-25(29(20)35-15-14-19-8-5-4-6-9-19)36-28-18(2)16-23(21-10-7-11-22(21)28)30-26(32)17-27(33)34/h12-13,16,19,31H,3-11,14-15,17H2,1-2H3,(H,30,32)(H,33,34). The molecule has 1 fully saturated rings. The lowest BCUT2D eigenvalue weighted by atomic mass is 9.87. The molecule has 0 bridgehead atoms. The molecule has 0 unspecified atom stereocenters. The fourth-order valence-electron chi connectivity index (χ4n) is 5.57. The highest BCUT2D eigenvalue weighted by molar-refractivity contribution is 6.02. The molecule has 4 rings (SSSR count). The summed E-state index contributed by atoms with van der Waals surface area (Å²) in [4.78, 5) is 23.0. The van der Waals surface area contributed by atoms with Crippen molar-refractivity contribution in [3.8, 4) is 23.0 Å². The van der Waals surface area contributed by atoms with E-state index in [-0.39, 0.29) is 5.75 Å². The van der Waals surface area contributed by atoms with Gasteiger partial charge in [0.1, 0.15) is 17.9 Å². The summed E-state index contributed by atoms with van der Waals surface area (Å²) >= 11 is 0. The molecule has 0 aliphatic heterocycles. The molecule has 0 saturated heterocycles. The normalized spacial score (nSPS) is 15.4. The number of amides is 1. The molecule has 0 radical (unpaired) electrons. The monoisotopic (exact) mass is 495 g/mol. The third kappa shape index (κ3) is 5.94. The van der Waals surface area contributed by atoms with Crippen LogP contribution in [0.25, 0.3) is 0 Å². The van der Waals surface area contributed by atoms with Crippen molar-refractivity contribution in [2.45, 2.75) is 84.5 Å². The maximum Gasteiger partial charge on any atom is 0.312 e. The van der Waals surface area contributed by atoms with Crippen LogP contribution in [0.2, 0.25) is 0 Å². The second-order valence-corrected chi connectivity index (χ2v) is 9.99. The van der Waals surface area contributed by atoms with E-state index in [1.165, 1.54) is 32.1 Å². The molecule has 7 nitrogen and oxygen atoms in total. The van der Waals surface area contributed by atoms with E-state index in [0.717, 1.165) is 53.7 Å². The van der Waals surface area contributed by atoms with Crippen molar-refractivity contribution >= 4 is 17.6 Å². The average molecular weight is 496 g/mol. The largest absolute Gasteiger partial charge is 0.508 e. The second kappa shape index (κ2) is 11.7. The number of nitrogens with one attached hydrogen (secondary N) is 1. The van der Waals surface area contributed by atoms with Gasteiger partial charge >= 0.3 is 5.97 Å². The summed E-state index contributed by atoms with van der Waals surface area (Å²) in [5, 5.41) is 22.2. The topological polar surface area (TPSA) is 105 Å². The van der Waals surface area contributed by atoms with Gasteiger partial charge < -0.3 is 25.0 Å². The zero-order chi connectivity index (χ0) is 25.7. The lowest BCUT2D eigenvalue weighted by Crippen LogP contribution is -2.17. The molecular formula is C29H37NO6. The molecule has 1 saturated carbocycles. The predicted octanol–water partition coefficient (Wildman–Crippen LogP) is 6.31. The molecule has 194 valence electrons. The highest BCUT2D eigenvalue weighted by atomic mass is 16.5. The number of hydrogen-bond donors (Lipinski definition) is 3. The van der Waals surface area contributed by atoms with Crippen LogP contribution in [0.3, 0.4) is 0 Å². The van der Waals surface area contributed by atoms with Gasteiger partial charge in [0.05, 0.1) is 6.61 Å². The van der Waals surface area contributed by atoms with Gasteiger partial charge in [-0.1, -0.05) is 39.0 Å². The number of hydrogen-bond acceptors (Lipinski definition) is 5. The van der Waals surface area contributed by atoms with Gasteiger partial charge in [-0.15, -0.1) is 0 Å². The molecule has 0 heterocycles. The number of ether oxygens (including phenoxy) is 2. The van der Waals surface area contributed by atoms with Crippen molar-refractivity contribution in [2.24, 2.45) is 5.92 Å². The predicted molar refractivity (Wildman–Crippen MR) is 138 cm³/mol. The van der Waals surface area contributed by atoms with E-state index >= 15 is 0 Å². The fraction of sp³-hybridized carbons (Fsp3) is 0.517. The Morgan fingerprint density at radius 1 is 1.06 bits per heavy atom. The Kier molecular flexibility index (Phi) is 8.39. The first-order valence-corrected chi connectivity index (χ1v) is 13.2. The van der Waals surface area contributed by atoms with Gasteiger partial charge in [0, 0.05) is 16.8 Å². The third-order valence-corrected chi connectivity index (χ3v) is 7.38. The lowest BCUT2D eigenvalue weighted by Gasteiger charge is -2.23. The molecule has 2 aliphatic carbocycles. The number of carbonyl (C=O) groups excluding carboxylic acids is 1. The Morgan fingerprint density at radius 3 is 2.53 bits per heavy atom. The van der Waals surface area contributed by atoms with Crippen LogP contribution in [0.1, 0.15) is 80.5 Å². The third-order valence-electron chi connectivity index (χ3n) is 7.38. The summed E-state index contributed by atoms with van der Waals surface area (Å²) in [6.45, 7) is 4.50. The van der Waals surface area contributed by atoms with Crippen LogP contribution in [-0.4, -0.2) is 28.7 Å². The van der Waals surface area contributed by atoms with Crippen LogP contribution in [-0.2, 0) is 28.9 Å². The first-order chi connectivity index (χ1) is 17.4. The van der Waals surface area contributed by atoms with E-state index in [1.807, 2.05) is 19.9 Å². The number of carboxylic acids is 1. The van der Waals surface area contributed by atoms with Gasteiger partial charge in [-0.05, 0) is 74.3 Å². The molecule has 1 amide bonds. The summed E-state index contributed by atoms with van der Waals surface area (Å²) in [5.74, 6) is 1.12. The number of aryl methyl sites for hydroxylation is 1. The zero-order valence-corrected chi connectivity index (χ0v) is 21.3. The first kappa shape index (κ1) is 25.9. The van der Waals surface area contributed by atoms with Gasteiger partial charge in [-0.25, -0.2) is 0 Å². The van der Waals surface area contributed by atoms with Crippen LogP contribution in [0.5, 0.6) is 23.0 Å². The molecule has 36 heavy (non-hydrogen) atoms. The minimum absolute atomic E-state index is 0.205. The number of phenols is 1. The molecule has 0 atom stereocenters. The Morgan fingerprint density at radius 2 is 1.81 bits per heavy atom. The summed E-state index contributed by atoms with van der Waals surface area (Å²) in [7, 11) is 0. The Balaban J connectivity index is 1.59. The van der Waals surface area contributed by atoms with Crippen LogP contribution < -0.4 is 14.8 Å². The molecular weight excluding hydrogens is 458 g/mol. The lowest BCUT2D eigenvalue weighted by molar-refractivity contribution is -0.139. The maximum absolute atomic E-state index is 12.1. The van der Waals surface area contributed by atoms with Crippen molar-refractivity contribution in [2.75, 3.05) is 11.9 Å². The number of aliphatic carboxylic acids is 1. The van der Waals surface area contributed by atoms with Crippen LogP contribution >= 0.6 is 0 Å².